The zero-order valence-corrected chi connectivity index (χ0v) is 18.8. The lowest BCUT2D eigenvalue weighted by atomic mass is 10.2. The Morgan fingerprint density at radius 2 is 2.15 bits per heavy atom. The highest BCUT2D eigenvalue weighted by Crippen LogP contribution is 2.27. The number of hydrogen-bond donors (Lipinski definition) is 2. The molecule has 1 amide bonds. The normalized spacial score (nSPS) is 13.1. The van der Waals surface area contributed by atoms with Crippen LogP contribution in [0.15, 0.2) is 35.5 Å². The van der Waals surface area contributed by atoms with Crippen molar-refractivity contribution in [3.63, 3.8) is 0 Å². The van der Waals surface area contributed by atoms with Crippen molar-refractivity contribution < 1.29 is 4.79 Å². The van der Waals surface area contributed by atoms with E-state index < -0.39 is 0 Å². The summed E-state index contributed by atoms with van der Waals surface area (Å²) >= 11 is 1.75. The number of carbonyl (C=O) groups excluding carboxylic acids is 1. The van der Waals surface area contributed by atoms with Crippen molar-refractivity contribution in [2.75, 3.05) is 31.6 Å². The molecule has 2 N–H and O–H groups in total. The molecular weight excluding hydrogens is 473 g/mol. The predicted octanol–water partition coefficient (Wildman–Crippen LogP) is 2.62. The summed E-state index contributed by atoms with van der Waals surface area (Å²) in [5.74, 6) is 0.698. The molecule has 0 radical (unpaired) electrons. The zero-order chi connectivity index (χ0) is 18.4. The van der Waals surface area contributed by atoms with E-state index in [0.717, 1.165) is 43.0 Å². The minimum atomic E-state index is 0. The van der Waals surface area contributed by atoms with E-state index in [0.29, 0.717) is 5.96 Å². The number of aryl methyl sites for hydroxylation is 1. The number of anilines is 1. The fraction of sp³-hybridized carbons (Fsp3) is 0.421. The molecule has 0 spiro atoms. The zero-order valence-electron chi connectivity index (χ0n) is 15.7. The van der Waals surface area contributed by atoms with E-state index in [2.05, 4.69) is 33.6 Å². The van der Waals surface area contributed by atoms with E-state index in [9.17, 15) is 4.79 Å². The van der Waals surface area contributed by atoms with Gasteiger partial charge in [-0.15, -0.1) is 35.3 Å². The first-order chi connectivity index (χ1) is 12.7. The van der Waals surface area contributed by atoms with Crippen molar-refractivity contribution >= 4 is 52.9 Å². The van der Waals surface area contributed by atoms with Crippen molar-refractivity contribution in [2.45, 2.75) is 26.2 Å². The van der Waals surface area contributed by atoms with E-state index in [1.54, 1.807) is 18.4 Å². The highest BCUT2D eigenvalue weighted by Gasteiger charge is 2.23. The summed E-state index contributed by atoms with van der Waals surface area (Å²) in [4.78, 5) is 24.3. The van der Waals surface area contributed by atoms with Crippen LogP contribution in [0.3, 0.4) is 0 Å². The first-order valence-electron chi connectivity index (χ1n) is 8.97. The van der Waals surface area contributed by atoms with Crippen molar-refractivity contribution in [1.29, 1.82) is 0 Å². The highest BCUT2D eigenvalue weighted by molar-refractivity contribution is 14.0. The van der Waals surface area contributed by atoms with Crippen LogP contribution in [0.4, 0.5) is 5.69 Å². The first-order valence-corrected chi connectivity index (χ1v) is 9.79. The topological polar surface area (TPSA) is 69.6 Å². The number of aliphatic imine (C=N–C) groups is 1. The van der Waals surface area contributed by atoms with Gasteiger partial charge in [0.05, 0.1) is 11.6 Å². The summed E-state index contributed by atoms with van der Waals surface area (Å²) in [6.07, 6.45) is 4.73. The Kier molecular flexibility index (Phi) is 8.49. The van der Waals surface area contributed by atoms with E-state index in [1.807, 2.05) is 29.3 Å². The molecule has 0 atom stereocenters. The van der Waals surface area contributed by atoms with E-state index in [4.69, 9.17) is 0 Å². The number of halogens is 1. The van der Waals surface area contributed by atoms with Crippen molar-refractivity contribution in [1.82, 2.24) is 15.6 Å². The molecule has 0 unspecified atom stereocenters. The number of aromatic nitrogens is 1. The van der Waals surface area contributed by atoms with Crippen LogP contribution in [-0.2, 0) is 24.1 Å². The number of rotatable bonds is 6. The summed E-state index contributed by atoms with van der Waals surface area (Å²) in [6, 6.07) is 8.08. The summed E-state index contributed by atoms with van der Waals surface area (Å²) in [5.41, 5.74) is 2.26. The van der Waals surface area contributed by atoms with Crippen LogP contribution in [0.2, 0.25) is 0 Å². The lowest BCUT2D eigenvalue weighted by molar-refractivity contribution is -0.117. The minimum absolute atomic E-state index is 0. The molecule has 2 heterocycles. The summed E-state index contributed by atoms with van der Waals surface area (Å²) in [6.45, 7) is 3.84. The van der Waals surface area contributed by atoms with Gasteiger partial charge in [-0.1, -0.05) is 25.1 Å². The van der Waals surface area contributed by atoms with Crippen molar-refractivity contribution in [3.05, 3.63) is 45.9 Å². The number of para-hydroxylation sites is 1. The Bertz CT molecular complexity index is 792. The lowest BCUT2D eigenvalue weighted by Gasteiger charge is -2.18. The van der Waals surface area contributed by atoms with Gasteiger partial charge in [-0.2, -0.15) is 0 Å². The maximum atomic E-state index is 12.5. The van der Waals surface area contributed by atoms with Gasteiger partial charge in [0.2, 0.25) is 5.91 Å². The molecule has 0 saturated carbocycles. The Morgan fingerprint density at radius 3 is 2.89 bits per heavy atom. The van der Waals surface area contributed by atoms with Gasteiger partial charge in [-0.25, -0.2) is 4.98 Å². The van der Waals surface area contributed by atoms with Gasteiger partial charge in [0.25, 0.3) is 0 Å². The number of amides is 1. The molecule has 1 aromatic carbocycles. The highest BCUT2D eigenvalue weighted by atomic mass is 127. The number of thiazole rings is 1. The molecule has 0 saturated heterocycles. The fourth-order valence-electron chi connectivity index (χ4n) is 2.99. The average molecular weight is 499 g/mol. The number of carbonyl (C=O) groups is 1. The first kappa shape index (κ1) is 21.6. The van der Waals surface area contributed by atoms with Crippen molar-refractivity contribution in [2.24, 2.45) is 4.99 Å². The maximum Gasteiger partial charge on any atom is 0.246 e. The second kappa shape index (κ2) is 10.6. The molecule has 146 valence electrons. The van der Waals surface area contributed by atoms with Crippen LogP contribution < -0.4 is 15.5 Å². The molecule has 1 aliphatic heterocycles. The average Bonchev–Trinajstić information content (AvgIpc) is 3.31. The summed E-state index contributed by atoms with van der Waals surface area (Å²) in [7, 11) is 1.71. The Hall–Kier alpha value is -1.68. The third-order valence-electron chi connectivity index (χ3n) is 4.40. The quantitative estimate of drug-likeness (QED) is 0.365. The lowest BCUT2D eigenvalue weighted by Crippen LogP contribution is -2.44. The maximum absolute atomic E-state index is 12.5. The third-order valence-corrected chi connectivity index (χ3v) is 5.60. The number of benzene rings is 1. The van der Waals surface area contributed by atoms with Crippen LogP contribution >= 0.6 is 35.3 Å². The molecule has 1 aromatic heterocycles. The molecule has 27 heavy (non-hydrogen) atoms. The van der Waals surface area contributed by atoms with Crippen LogP contribution in [-0.4, -0.2) is 43.5 Å². The van der Waals surface area contributed by atoms with E-state index in [-0.39, 0.29) is 36.4 Å². The molecular formula is C19H26IN5OS. The Labute approximate surface area is 181 Å². The largest absolute Gasteiger partial charge is 0.356 e. The minimum Gasteiger partial charge on any atom is -0.356 e. The second-order valence-electron chi connectivity index (χ2n) is 6.10. The van der Waals surface area contributed by atoms with Gasteiger partial charge in [0.1, 0.15) is 0 Å². The molecule has 0 aliphatic carbocycles. The summed E-state index contributed by atoms with van der Waals surface area (Å²) in [5, 5.41) is 7.48. The molecule has 2 aromatic rings. The van der Waals surface area contributed by atoms with Gasteiger partial charge in [-0.3, -0.25) is 9.79 Å². The number of guanidine groups is 1. The van der Waals surface area contributed by atoms with Crippen LogP contribution in [0, 0.1) is 0 Å². The van der Waals surface area contributed by atoms with Gasteiger partial charge in [0.15, 0.2) is 5.96 Å². The molecule has 0 fully saturated rings. The van der Waals surface area contributed by atoms with Gasteiger partial charge < -0.3 is 15.5 Å². The smallest absolute Gasteiger partial charge is 0.246 e. The van der Waals surface area contributed by atoms with E-state index >= 15 is 0 Å². The van der Waals surface area contributed by atoms with Crippen LogP contribution in [0.25, 0.3) is 0 Å². The summed E-state index contributed by atoms with van der Waals surface area (Å²) < 4.78 is 0. The van der Waals surface area contributed by atoms with Crippen LogP contribution in [0.1, 0.15) is 22.4 Å². The molecule has 8 heteroatoms. The fourth-order valence-corrected chi connectivity index (χ4v) is 3.85. The molecule has 3 rings (SSSR count). The second-order valence-corrected chi connectivity index (χ2v) is 7.30. The SMILES string of the molecule is CCc1cnc(CCNC(=NC)NCC(=O)N2CCc3ccccc32)s1.I. The third kappa shape index (κ3) is 5.65. The number of hydrogen-bond acceptors (Lipinski definition) is 4. The number of fused-ring (bicyclic) bond motifs is 1. The Morgan fingerprint density at radius 1 is 1.33 bits per heavy atom. The standard InChI is InChI=1S/C19H25N5OS.HI/c1-3-15-12-22-17(26-15)8-10-21-19(20-2)23-13-18(25)24-11-9-14-6-4-5-7-16(14)24;/h4-7,12H,3,8-11,13H2,1-2H3,(H2,20,21,23);1H. The van der Waals surface area contributed by atoms with Crippen LogP contribution in [0.5, 0.6) is 0 Å². The molecule has 0 bridgehead atoms. The monoisotopic (exact) mass is 499 g/mol. The Balaban J connectivity index is 0.00000261. The van der Waals surface area contributed by atoms with E-state index in [1.165, 1.54) is 10.4 Å². The number of nitrogens with one attached hydrogen (secondary N) is 2. The van der Waals surface area contributed by atoms with Crippen molar-refractivity contribution in [3.8, 4) is 0 Å². The van der Waals surface area contributed by atoms with Gasteiger partial charge in [-0.05, 0) is 24.5 Å². The molecule has 1 aliphatic rings. The molecule has 6 nitrogen and oxygen atoms in total. The predicted molar refractivity (Wildman–Crippen MR) is 122 cm³/mol. The number of nitrogens with zero attached hydrogens (tertiary/aromatic N) is 3. The van der Waals surface area contributed by atoms with Gasteiger partial charge >= 0.3 is 0 Å². The van der Waals surface area contributed by atoms with Gasteiger partial charge in [0, 0.05) is 43.3 Å².